The number of benzene rings is 2. The molecule has 136 valence electrons. The summed E-state index contributed by atoms with van der Waals surface area (Å²) in [7, 11) is 1.26. The Hall–Kier alpha value is -2.68. The number of hydrogen-bond donors (Lipinski definition) is 1. The minimum atomic E-state index is -4.24. The first-order valence-electron chi connectivity index (χ1n) is 7.02. The summed E-state index contributed by atoms with van der Waals surface area (Å²) in [5.41, 5.74) is 0.137. The zero-order chi connectivity index (χ0) is 18.6. The highest BCUT2D eigenvalue weighted by Crippen LogP contribution is 2.35. The molecular weight excluding hydrogens is 353 g/mol. The van der Waals surface area contributed by atoms with Crippen molar-refractivity contribution in [1.82, 2.24) is 0 Å². The van der Waals surface area contributed by atoms with Crippen molar-refractivity contribution >= 4 is 15.7 Å². The molecule has 0 aliphatic heterocycles. The molecule has 0 aliphatic rings. The van der Waals surface area contributed by atoms with Crippen LogP contribution in [0.3, 0.4) is 0 Å². The first kappa shape index (κ1) is 18.7. The molecule has 0 amide bonds. The van der Waals surface area contributed by atoms with Crippen LogP contribution in [0.15, 0.2) is 35.2 Å². The monoisotopic (exact) mass is 371 g/mol. The molecule has 0 radical (unpaired) electrons. The fourth-order valence-electron chi connectivity index (χ4n) is 2.12. The average molecular weight is 371 g/mol. The second-order valence-electron chi connectivity index (χ2n) is 4.81. The Kier molecular flexibility index (Phi) is 5.58. The lowest BCUT2D eigenvalue weighted by Gasteiger charge is -2.15. The third-order valence-electron chi connectivity index (χ3n) is 3.38. The normalized spacial score (nSPS) is 10.9. The van der Waals surface area contributed by atoms with Crippen molar-refractivity contribution in [3.05, 3.63) is 36.1 Å². The lowest BCUT2D eigenvalue weighted by Crippen LogP contribution is -2.15. The first-order chi connectivity index (χ1) is 11.9. The van der Waals surface area contributed by atoms with Gasteiger partial charge in [0.05, 0.1) is 34.1 Å². The minimum absolute atomic E-state index is 0.0842. The van der Waals surface area contributed by atoms with Crippen LogP contribution in [-0.2, 0) is 10.0 Å². The Bertz CT molecular complexity index is 869. The number of hydrogen-bond acceptors (Lipinski definition) is 6. The van der Waals surface area contributed by atoms with E-state index in [0.717, 1.165) is 12.1 Å². The van der Waals surface area contributed by atoms with Crippen molar-refractivity contribution in [1.29, 1.82) is 0 Å². The Morgan fingerprint density at radius 2 is 1.44 bits per heavy atom. The molecule has 2 rings (SSSR count). The first-order valence-corrected chi connectivity index (χ1v) is 8.51. The second-order valence-corrected chi connectivity index (χ2v) is 6.46. The molecule has 0 spiro atoms. The van der Waals surface area contributed by atoms with E-state index in [9.17, 15) is 12.8 Å². The van der Waals surface area contributed by atoms with Gasteiger partial charge in [-0.25, -0.2) is 12.8 Å². The van der Waals surface area contributed by atoms with Crippen molar-refractivity contribution in [3.63, 3.8) is 0 Å². The van der Waals surface area contributed by atoms with Crippen molar-refractivity contribution in [2.75, 3.05) is 33.2 Å². The SMILES string of the molecule is COc1ccc(NS(=O)(=O)c2cc(OC)c(OC)cc2F)c(OC)c1. The smallest absolute Gasteiger partial charge is 0.265 e. The topological polar surface area (TPSA) is 83.1 Å². The van der Waals surface area contributed by atoms with Gasteiger partial charge in [0, 0.05) is 18.2 Å². The standard InChI is InChI=1S/C16H18FNO6S/c1-21-10-5-6-12(13(7-10)22-2)18-25(19,20)16-9-15(24-4)14(23-3)8-11(16)17/h5-9,18H,1-4H3. The molecule has 0 atom stereocenters. The third kappa shape index (κ3) is 3.87. The van der Waals surface area contributed by atoms with E-state index in [-0.39, 0.29) is 22.9 Å². The van der Waals surface area contributed by atoms with Crippen molar-refractivity contribution in [2.45, 2.75) is 4.90 Å². The lowest BCUT2D eigenvalue weighted by molar-refractivity contribution is 0.350. The van der Waals surface area contributed by atoms with Gasteiger partial charge >= 0.3 is 0 Å². The van der Waals surface area contributed by atoms with Crippen LogP contribution < -0.4 is 23.7 Å². The van der Waals surface area contributed by atoms with Crippen LogP contribution in [0, 0.1) is 5.82 Å². The molecule has 0 saturated heterocycles. The molecule has 0 heterocycles. The molecule has 0 fully saturated rings. The van der Waals surface area contributed by atoms with E-state index in [1.165, 1.54) is 40.6 Å². The summed E-state index contributed by atoms with van der Waals surface area (Å²) < 4.78 is 61.9. The molecule has 0 unspecified atom stereocenters. The van der Waals surface area contributed by atoms with Crippen LogP contribution in [-0.4, -0.2) is 36.9 Å². The van der Waals surface area contributed by atoms with E-state index in [1.807, 2.05) is 0 Å². The van der Waals surface area contributed by atoms with E-state index >= 15 is 0 Å². The van der Waals surface area contributed by atoms with Crippen LogP contribution in [0.4, 0.5) is 10.1 Å². The summed E-state index contributed by atoms with van der Waals surface area (Å²) in [6.07, 6.45) is 0. The molecule has 9 heteroatoms. The predicted octanol–water partition coefficient (Wildman–Crippen LogP) is 2.66. The van der Waals surface area contributed by atoms with Crippen LogP contribution >= 0.6 is 0 Å². The summed E-state index contributed by atoms with van der Waals surface area (Å²) in [5.74, 6) is -0.0921. The van der Waals surface area contributed by atoms with Crippen molar-refractivity contribution in [2.24, 2.45) is 0 Å². The maximum Gasteiger partial charge on any atom is 0.265 e. The van der Waals surface area contributed by atoms with Gasteiger partial charge in [-0.05, 0) is 12.1 Å². The fraction of sp³-hybridized carbons (Fsp3) is 0.250. The maximum absolute atomic E-state index is 14.2. The largest absolute Gasteiger partial charge is 0.497 e. The number of rotatable bonds is 7. The molecule has 1 N–H and O–H groups in total. The molecule has 25 heavy (non-hydrogen) atoms. The summed E-state index contributed by atoms with van der Waals surface area (Å²) in [5, 5.41) is 0. The van der Waals surface area contributed by atoms with Crippen LogP contribution in [0.2, 0.25) is 0 Å². The third-order valence-corrected chi connectivity index (χ3v) is 4.76. The molecule has 7 nitrogen and oxygen atoms in total. The molecule has 2 aromatic rings. The Labute approximate surface area is 145 Å². The number of ether oxygens (including phenoxy) is 4. The molecule has 0 aliphatic carbocycles. The number of anilines is 1. The Morgan fingerprint density at radius 3 is 2.00 bits per heavy atom. The number of halogens is 1. The van der Waals surface area contributed by atoms with Gasteiger partial charge in [-0.1, -0.05) is 0 Å². The quantitative estimate of drug-likeness (QED) is 0.806. The highest BCUT2D eigenvalue weighted by molar-refractivity contribution is 7.92. The molecule has 2 aromatic carbocycles. The summed E-state index contributed by atoms with van der Waals surface area (Å²) in [6, 6.07) is 6.49. The van der Waals surface area contributed by atoms with E-state index < -0.39 is 20.7 Å². The number of methoxy groups -OCH3 is 4. The van der Waals surface area contributed by atoms with Gasteiger partial charge in [-0.2, -0.15) is 0 Å². The number of sulfonamides is 1. The Morgan fingerprint density at radius 1 is 0.840 bits per heavy atom. The van der Waals surface area contributed by atoms with Crippen LogP contribution in [0.1, 0.15) is 0 Å². The molecular formula is C16H18FNO6S. The van der Waals surface area contributed by atoms with Crippen molar-refractivity contribution in [3.8, 4) is 23.0 Å². The van der Waals surface area contributed by atoms with E-state index in [4.69, 9.17) is 18.9 Å². The zero-order valence-electron chi connectivity index (χ0n) is 14.1. The van der Waals surface area contributed by atoms with Crippen molar-refractivity contribution < 1.29 is 31.8 Å². The van der Waals surface area contributed by atoms with Gasteiger partial charge < -0.3 is 18.9 Å². The van der Waals surface area contributed by atoms with Gasteiger partial charge in [0.1, 0.15) is 22.2 Å². The fourth-order valence-corrected chi connectivity index (χ4v) is 3.27. The summed E-state index contributed by atoms with van der Waals surface area (Å²) in [6.45, 7) is 0. The predicted molar refractivity (Wildman–Crippen MR) is 89.9 cm³/mol. The molecule has 0 saturated carbocycles. The minimum Gasteiger partial charge on any atom is -0.497 e. The van der Waals surface area contributed by atoms with E-state index in [0.29, 0.717) is 5.75 Å². The average Bonchev–Trinajstić information content (AvgIpc) is 2.61. The van der Waals surface area contributed by atoms with Gasteiger partial charge in [-0.3, -0.25) is 4.72 Å². The van der Waals surface area contributed by atoms with E-state index in [2.05, 4.69) is 4.72 Å². The van der Waals surface area contributed by atoms with Gasteiger partial charge in [0.15, 0.2) is 11.5 Å². The highest BCUT2D eigenvalue weighted by Gasteiger charge is 2.24. The lowest BCUT2D eigenvalue weighted by atomic mass is 10.3. The molecule has 0 bridgehead atoms. The zero-order valence-corrected chi connectivity index (χ0v) is 14.9. The van der Waals surface area contributed by atoms with Gasteiger partial charge in [0.25, 0.3) is 10.0 Å². The highest BCUT2D eigenvalue weighted by atomic mass is 32.2. The van der Waals surface area contributed by atoms with Crippen LogP contribution in [0.25, 0.3) is 0 Å². The Balaban J connectivity index is 2.47. The molecule has 0 aromatic heterocycles. The second kappa shape index (κ2) is 7.47. The number of nitrogens with one attached hydrogen (secondary N) is 1. The maximum atomic E-state index is 14.2. The van der Waals surface area contributed by atoms with Gasteiger partial charge in [-0.15, -0.1) is 0 Å². The van der Waals surface area contributed by atoms with E-state index in [1.54, 1.807) is 6.07 Å². The summed E-state index contributed by atoms with van der Waals surface area (Å²) >= 11 is 0. The summed E-state index contributed by atoms with van der Waals surface area (Å²) in [4.78, 5) is -0.581. The van der Waals surface area contributed by atoms with Gasteiger partial charge in [0.2, 0.25) is 0 Å². The van der Waals surface area contributed by atoms with Crippen LogP contribution in [0.5, 0.6) is 23.0 Å².